The zero-order valence-corrected chi connectivity index (χ0v) is 9.80. The summed E-state index contributed by atoms with van der Waals surface area (Å²) in [7, 11) is 0. The third-order valence-electron chi connectivity index (χ3n) is 3.17. The minimum Gasteiger partial charge on any atom is -0.457 e. The zero-order valence-electron chi connectivity index (χ0n) is 9.80. The average Bonchev–Trinajstić information content (AvgIpc) is 2.67. The summed E-state index contributed by atoms with van der Waals surface area (Å²) >= 11 is 0. The Morgan fingerprint density at radius 1 is 1.41 bits per heavy atom. The van der Waals surface area contributed by atoms with Crippen molar-refractivity contribution in [3.8, 4) is 0 Å². The van der Waals surface area contributed by atoms with Crippen molar-refractivity contribution in [2.75, 3.05) is 6.61 Å². The fraction of sp³-hybridized carbons (Fsp3) is 0.357. The summed E-state index contributed by atoms with van der Waals surface area (Å²) in [5, 5.41) is 9.34. The number of esters is 1. The van der Waals surface area contributed by atoms with Crippen LogP contribution >= 0.6 is 0 Å². The van der Waals surface area contributed by atoms with Gasteiger partial charge in [-0.25, -0.2) is 0 Å². The molecule has 0 radical (unpaired) electrons. The van der Waals surface area contributed by atoms with Gasteiger partial charge >= 0.3 is 5.97 Å². The molecular formula is C14H16O3. The molecule has 0 spiro atoms. The van der Waals surface area contributed by atoms with E-state index in [1.54, 1.807) is 0 Å². The van der Waals surface area contributed by atoms with Crippen LogP contribution in [0.1, 0.15) is 18.4 Å². The van der Waals surface area contributed by atoms with Crippen molar-refractivity contribution in [1.82, 2.24) is 0 Å². The number of aliphatic hydroxyl groups excluding tert-OH is 1. The van der Waals surface area contributed by atoms with Gasteiger partial charge in [0.2, 0.25) is 0 Å². The molecule has 2 rings (SSSR count). The first-order valence-corrected chi connectivity index (χ1v) is 5.67. The number of benzene rings is 1. The van der Waals surface area contributed by atoms with Gasteiger partial charge in [-0.05, 0) is 18.1 Å². The summed E-state index contributed by atoms with van der Waals surface area (Å²) in [4.78, 5) is 11.7. The Labute approximate surface area is 101 Å². The van der Waals surface area contributed by atoms with E-state index in [0.29, 0.717) is 0 Å². The predicted octanol–water partition coefficient (Wildman–Crippen LogP) is 1.88. The van der Waals surface area contributed by atoms with Crippen LogP contribution in [0.25, 0.3) is 0 Å². The van der Waals surface area contributed by atoms with Crippen LogP contribution in [-0.4, -0.2) is 23.8 Å². The molecule has 0 aromatic heterocycles. The smallest absolute Gasteiger partial charge is 0.312 e. The molecule has 1 aliphatic rings. The van der Waals surface area contributed by atoms with Crippen LogP contribution in [0.4, 0.5) is 0 Å². The van der Waals surface area contributed by atoms with Gasteiger partial charge in [0, 0.05) is 5.92 Å². The maximum Gasteiger partial charge on any atom is 0.312 e. The van der Waals surface area contributed by atoms with E-state index in [2.05, 4.69) is 6.58 Å². The number of carbonyl (C=O) groups is 1. The van der Waals surface area contributed by atoms with E-state index in [9.17, 15) is 9.90 Å². The van der Waals surface area contributed by atoms with Crippen molar-refractivity contribution in [2.24, 2.45) is 5.92 Å². The Hall–Kier alpha value is -1.61. The average molecular weight is 232 g/mol. The number of rotatable bonds is 3. The minimum absolute atomic E-state index is 0.133. The number of hydrogen-bond acceptors (Lipinski definition) is 3. The number of hydrogen-bond donors (Lipinski definition) is 1. The lowest BCUT2D eigenvalue weighted by molar-refractivity contribution is -0.144. The second kappa shape index (κ2) is 4.72. The van der Waals surface area contributed by atoms with Gasteiger partial charge < -0.3 is 9.84 Å². The highest BCUT2D eigenvalue weighted by Gasteiger charge is 2.45. The zero-order chi connectivity index (χ0) is 12.4. The molecule has 0 saturated carbocycles. The molecule has 1 heterocycles. The molecule has 3 atom stereocenters. The molecule has 1 N–H and O–H groups in total. The standard InChI is InChI=1S/C14H16O3/c1-9(2)13-12(10-6-4-3-5-7-10)11(8-15)14(16)17-13/h3-7,11-13,15H,1,8H2,2H3/t11-,12-,13+/m0/s1. The predicted molar refractivity (Wildman–Crippen MR) is 64.5 cm³/mol. The summed E-state index contributed by atoms with van der Waals surface area (Å²) in [5.41, 5.74) is 1.81. The third-order valence-corrected chi connectivity index (χ3v) is 3.17. The lowest BCUT2D eigenvalue weighted by atomic mass is 9.82. The molecule has 1 aromatic rings. The highest BCUT2D eigenvalue weighted by Crippen LogP contribution is 2.39. The maximum atomic E-state index is 11.7. The number of aliphatic hydroxyl groups is 1. The Morgan fingerprint density at radius 2 is 2.06 bits per heavy atom. The van der Waals surface area contributed by atoms with Gasteiger partial charge in [0.05, 0.1) is 12.5 Å². The number of carbonyl (C=O) groups excluding carboxylic acids is 1. The van der Waals surface area contributed by atoms with Gasteiger partial charge in [-0.15, -0.1) is 0 Å². The molecule has 0 aliphatic carbocycles. The van der Waals surface area contributed by atoms with E-state index < -0.39 is 5.92 Å². The molecule has 1 aliphatic heterocycles. The van der Waals surface area contributed by atoms with Crippen molar-refractivity contribution in [2.45, 2.75) is 18.9 Å². The SMILES string of the molecule is C=C(C)[C@H]1OC(=O)[C@@H](CO)[C@@H]1c1ccccc1. The molecule has 0 bridgehead atoms. The van der Waals surface area contributed by atoms with Gasteiger partial charge in [-0.2, -0.15) is 0 Å². The fourth-order valence-electron chi connectivity index (χ4n) is 2.32. The Kier molecular flexibility index (Phi) is 3.29. The summed E-state index contributed by atoms with van der Waals surface area (Å²) < 4.78 is 5.29. The first kappa shape index (κ1) is 11.9. The largest absolute Gasteiger partial charge is 0.457 e. The first-order valence-electron chi connectivity index (χ1n) is 5.67. The highest BCUT2D eigenvalue weighted by molar-refractivity contribution is 5.77. The molecular weight excluding hydrogens is 216 g/mol. The van der Waals surface area contributed by atoms with Crippen LogP contribution in [0.5, 0.6) is 0 Å². The third kappa shape index (κ3) is 2.11. The summed E-state index contributed by atoms with van der Waals surface area (Å²) in [6, 6.07) is 9.66. The molecule has 1 aromatic carbocycles. The van der Waals surface area contributed by atoms with Gasteiger partial charge in [0.1, 0.15) is 6.10 Å². The fourth-order valence-corrected chi connectivity index (χ4v) is 2.32. The molecule has 90 valence electrons. The van der Waals surface area contributed by atoms with E-state index in [1.807, 2.05) is 37.3 Å². The van der Waals surface area contributed by atoms with E-state index in [0.717, 1.165) is 11.1 Å². The van der Waals surface area contributed by atoms with Crippen LogP contribution < -0.4 is 0 Å². The molecule has 0 unspecified atom stereocenters. The quantitative estimate of drug-likeness (QED) is 0.639. The van der Waals surface area contributed by atoms with Gasteiger partial charge in [0.15, 0.2) is 0 Å². The molecule has 3 nitrogen and oxygen atoms in total. The van der Waals surface area contributed by atoms with Crippen LogP contribution in [0.15, 0.2) is 42.5 Å². The maximum absolute atomic E-state index is 11.7. The topological polar surface area (TPSA) is 46.5 Å². The van der Waals surface area contributed by atoms with Crippen LogP contribution in [0.3, 0.4) is 0 Å². The molecule has 1 saturated heterocycles. The molecule has 3 heteroatoms. The number of ether oxygens (including phenoxy) is 1. The van der Waals surface area contributed by atoms with E-state index in [1.165, 1.54) is 0 Å². The Balaban J connectivity index is 2.39. The van der Waals surface area contributed by atoms with Crippen molar-refractivity contribution in [3.63, 3.8) is 0 Å². The van der Waals surface area contributed by atoms with Crippen molar-refractivity contribution >= 4 is 5.97 Å². The van der Waals surface area contributed by atoms with Crippen molar-refractivity contribution < 1.29 is 14.6 Å². The van der Waals surface area contributed by atoms with Gasteiger partial charge in [0.25, 0.3) is 0 Å². The minimum atomic E-state index is -0.487. The monoisotopic (exact) mass is 232 g/mol. The van der Waals surface area contributed by atoms with Gasteiger partial charge in [-0.3, -0.25) is 4.79 Å². The Morgan fingerprint density at radius 3 is 2.59 bits per heavy atom. The second-order valence-electron chi connectivity index (χ2n) is 4.43. The summed E-state index contributed by atoms with van der Waals surface area (Å²) in [6.45, 7) is 5.51. The summed E-state index contributed by atoms with van der Waals surface area (Å²) in [6.07, 6.45) is -0.331. The van der Waals surface area contributed by atoms with Crippen LogP contribution in [0.2, 0.25) is 0 Å². The van der Waals surface area contributed by atoms with E-state index >= 15 is 0 Å². The lowest BCUT2D eigenvalue weighted by Gasteiger charge is -2.20. The van der Waals surface area contributed by atoms with Crippen molar-refractivity contribution in [1.29, 1.82) is 0 Å². The molecule has 1 fully saturated rings. The van der Waals surface area contributed by atoms with Crippen molar-refractivity contribution in [3.05, 3.63) is 48.0 Å². The Bertz CT molecular complexity index is 424. The van der Waals surface area contributed by atoms with Crippen LogP contribution in [0, 0.1) is 5.92 Å². The summed E-state index contributed by atoms with van der Waals surface area (Å²) in [5.74, 6) is -0.959. The molecule has 17 heavy (non-hydrogen) atoms. The van der Waals surface area contributed by atoms with E-state index in [-0.39, 0.29) is 24.6 Å². The lowest BCUT2D eigenvalue weighted by Crippen LogP contribution is -2.22. The first-order chi connectivity index (χ1) is 8.15. The second-order valence-corrected chi connectivity index (χ2v) is 4.43. The highest BCUT2D eigenvalue weighted by atomic mass is 16.6. The normalized spacial score (nSPS) is 27.9. The van der Waals surface area contributed by atoms with Crippen LogP contribution in [-0.2, 0) is 9.53 Å². The van der Waals surface area contributed by atoms with Gasteiger partial charge in [-0.1, -0.05) is 36.9 Å². The number of cyclic esters (lactones) is 1. The molecule has 0 amide bonds. The van der Waals surface area contributed by atoms with E-state index in [4.69, 9.17) is 4.74 Å².